The molecule has 32 heavy (non-hydrogen) atoms. The van der Waals surface area contributed by atoms with E-state index < -0.39 is 6.04 Å². The van der Waals surface area contributed by atoms with Crippen LogP contribution in [-0.2, 0) is 11.2 Å². The Balaban J connectivity index is 1.74. The van der Waals surface area contributed by atoms with E-state index >= 15 is 0 Å². The number of para-hydroxylation sites is 1. The number of amides is 1. The first-order chi connectivity index (χ1) is 15.7. The number of ketones is 1. The number of nitrogens with zero attached hydrogens (tertiary/aromatic N) is 1. The molecule has 4 aromatic rings. The molecule has 0 aromatic heterocycles. The molecule has 0 saturated heterocycles. The van der Waals surface area contributed by atoms with Crippen molar-refractivity contribution in [2.24, 2.45) is 0 Å². The highest BCUT2D eigenvalue weighted by molar-refractivity contribution is 6.10. The van der Waals surface area contributed by atoms with Crippen LogP contribution in [0.1, 0.15) is 33.9 Å². The Kier molecular flexibility index (Phi) is 6.88. The maximum absolute atomic E-state index is 13.7. The topological polar surface area (TPSA) is 37.4 Å². The van der Waals surface area contributed by atoms with Crippen LogP contribution in [0.2, 0.25) is 0 Å². The number of benzene rings is 4. The average molecular weight is 420 g/mol. The number of carbonyl (C=O) groups is 2. The van der Waals surface area contributed by atoms with Crippen molar-refractivity contribution < 1.29 is 9.59 Å². The van der Waals surface area contributed by atoms with Gasteiger partial charge in [-0.25, -0.2) is 0 Å². The molecule has 0 aliphatic rings. The average Bonchev–Trinajstić information content (AvgIpc) is 2.87. The molecule has 3 nitrogen and oxygen atoms in total. The zero-order valence-corrected chi connectivity index (χ0v) is 17.8. The molecule has 1 atom stereocenters. The number of hydrogen-bond donors (Lipinski definition) is 0. The summed E-state index contributed by atoms with van der Waals surface area (Å²) in [4.78, 5) is 29.0. The number of anilines is 1. The van der Waals surface area contributed by atoms with Crippen molar-refractivity contribution in [2.75, 3.05) is 4.90 Å². The number of carbonyl (C=O) groups excluding carboxylic acids is 2. The van der Waals surface area contributed by atoms with E-state index in [4.69, 9.17) is 0 Å². The molecule has 1 unspecified atom stereocenters. The second kappa shape index (κ2) is 10.4. The smallest absolute Gasteiger partial charge is 0.259 e. The molecule has 0 aliphatic heterocycles. The zero-order valence-electron chi connectivity index (χ0n) is 17.8. The van der Waals surface area contributed by atoms with Gasteiger partial charge in [0.25, 0.3) is 5.91 Å². The predicted octanol–water partition coefficient (Wildman–Crippen LogP) is 6.28. The fraction of sp³-hybridized carbons (Fsp3) is 0.103. The summed E-state index contributed by atoms with van der Waals surface area (Å²) in [6, 6.07) is 37.4. The Bertz CT molecular complexity index is 1140. The van der Waals surface area contributed by atoms with Crippen molar-refractivity contribution >= 4 is 17.4 Å². The summed E-state index contributed by atoms with van der Waals surface area (Å²) >= 11 is 0. The van der Waals surface area contributed by atoms with E-state index in [2.05, 4.69) is 0 Å². The van der Waals surface area contributed by atoms with Crippen LogP contribution in [0.25, 0.3) is 0 Å². The third-order valence-electron chi connectivity index (χ3n) is 5.46. The number of hydrogen-bond acceptors (Lipinski definition) is 2. The van der Waals surface area contributed by atoms with Crippen LogP contribution in [0.4, 0.5) is 5.69 Å². The van der Waals surface area contributed by atoms with Crippen LogP contribution in [-0.4, -0.2) is 11.7 Å². The second-order valence-corrected chi connectivity index (χ2v) is 7.64. The normalized spacial score (nSPS) is 11.5. The lowest BCUT2D eigenvalue weighted by Gasteiger charge is -2.31. The lowest BCUT2D eigenvalue weighted by molar-refractivity contribution is -0.120. The Hall–Kier alpha value is -3.98. The van der Waals surface area contributed by atoms with Gasteiger partial charge in [0.05, 0.1) is 0 Å². The number of rotatable bonds is 8. The van der Waals surface area contributed by atoms with Crippen LogP contribution in [0, 0.1) is 0 Å². The number of Topliss-reactive ketones (excluding diaryl/α,β-unsaturated/α-hetero) is 1. The summed E-state index contributed by atoms with van der Waals surface area (Å²) in [6.45, 7) is 0. The first kappa shape index (κ1) is 21.3. The largest absolute Gasteiger partial charge is 0.297 e. The van der Waals surface area contributed by atoms with Crippen LogP contribution in [0.5, 0.6) is 0 Å². The second-order valence-electron chi connectivity index (χ2n) is 7.64. The molecular formula is C29H25NO2. The zero-order chi connectivity index (χ0) is 22.2. The molecule has 0 bridgehead atoms. The van der Waals surface area contributed by atoms with Crippen molar-refractivity contribution in [3.63, 3.8) is 0 Å². The van der Waals surface area contributed by atoms with Gasteiger partial charge in [-0.05, 0) is 41.8 Å². The monoisotopic (exact) mass is 419 g/mol. The molecule has 0 N–H and O–H groups in total. The summed E-state index contributed by atoms with van der Waals surface area (Å²) in [7, 11) is 0. The van der Waals surface area contributed by atoms with Gasteiger partial charge in [-0.2, -0.15) is 0 Å². The van der Waals surface area contributed by atoms with Gasteiger partial charge in [0.1, 0.15) is 6.04 Å². The fourth-order valence-corrected chi connectivity index (χ4v) is 3.86. The Labute approximate surface area is 189 Å². The predicted molar refractivity (Wildman–Crippen MR) is 129 cm³/mol. The van der Waals surface area contributed by atoms with Crippen molar-refractivity contribution in [3.8, 4) is 0 Å². The van der Waals surface area contributed by atoms with Gasteiger partial charge >= 0.3 is 0 Å². The molecule has 0 fully saturated rings. The summed E-state index contributed by atoms with van der Waals surface area (Å²) in [6.07, 6.45) is 0.972. The van der Waals surface area contributed by atoms with Gasteiger partial charge in [0.2, 0.25) is 0 Å². The first-order valence-corrected chi connectivity index (χ1v) is 10.8. The molecule has 0 saturated carbocycles. The lowest BCUT2D eigenvalue weighted by Crippen LogP contribution is -2.39. The Morgan fingerprint density at radius 1 is 0.625 bits per heavy atom. The molecule has 0 heterocycles. The van der Waals surface area contributed by atoms with E-state index in [1.165, 1.54) is 0 Å². The van der Waals surface area contributed by atoms with Gasteiger partial charge in [-0.3, -0.25) is 14.5 Å². The summed E-state index contributed by atoms with van der Waals surface area (Å²) in [5.74, 6) is -0.188. The molecule has 1 amide bonds. The van der Waals surface area contributed by atoms with Crippen molar-refractivity contribution in [2.45, 2.75) is 18.9 Å². The Morgan fingerprint density at radius 3 is 1.72 bits per heavy atom. The third-order valence-corrected chi connectivity index (χ3v) is 5.46. The molecule has 0 spiro atoms. The maximum atomic E-state index is 13.7. The van der Waals surface area contributed by atoms with Crippen LogP contribution in [0.15, 0.2) is 121 Å². The summed E-state index contributed by atoms with van der Waals surface area (Å²) < 4.78 is 0. The summed E-state index contributed by atoms with van der Waals surface area (Å²) in [5, 5.41) is 0. The molecular weight excluding hydrogens is 394 g/mol. The van der Waals surface area contributed by atoms with Gasteiger partial charge in [0.15, 0.2) is 5.78 Å². The molecule has 4 rings (SSSR count). The highest BCUT2D eigenvalue weighted by atomic mass is 16.2. The number of aryl methyl sites for hydroxylation is 1. The molecule has 0 radical (unpaired) electrons. The quantitative estimate of drug-likeness (QED) is 0.337. The van der Waals surface area contributed by atoms with Crippen LogP contribution < -0.4 is 4.90 Å². The van der Waals surface area contributed by atoms with E-state index in [0.29, 0.717) is 24.1 Å². The standard InChI is InChI=1S/C29H25NO2/c31-27(22-21-23-13-5-1-6-14-23)28(24-15-7-2-8-16-24)30(26-19-11-4-12-20-26)29(32)25-17-9-3-10-18-25/h1-20,28H,21-22H2. The lowest BCUT2D eigenvalue weighted by atomic mass is 9.95. The Morgan fingerprint density at radius 2 is 1.12 bits per heavy atom. The minimum absolute atomic E-state index is 0.00758. The minimum Gasteiger partial charge on any atom is -0.297 e. The summed E-state index contributed by atoms with van der Waals surface area (Å²) in [5.41, 5.74) is 3.16. The molecule has 158 valence electrons. The van der Waals surface area contributed by atoms with Crippen molar-refractivity contribution in [1.29, 1.82) is 0 Å². The van der Waals surface area contributed by atoms with Gasteiger partial charge < -0.3 is 0 Å². The van der Waals surface area contributed by atoms with Crippen molar-refractivity contribution in [3.05, 3.63) is 138 Å². The SMILES string of the molecule is O=C(CCc1ccccc1)C(c1ccccc1)N(C(=O)c1ccccc1)c1ccccc1. The van der Waals surface area contributed by atoms with Crippen molar-refractivity contribution in [1.82, 2.24) is 0 Å². The minimum atomic E-state index is -0.713. The highest BCUT2D eigenvalue weighted by Gasteiger charge is 2.32. The van der Waals surface area contributed by atoms with Gasteiger partial charge in [-0.15, -0.1) is 0 Å². The van der Waals surface area contributed by atoms with E-state index in [-0.39, 0.29) is 11.7 Å². The van der Waals surface area contributed by atoms with E-state index in [9.17, 15) is 9.59 Å². The molecule has 3 heteroatoms. The van der Waals surface area contributed by atoms with Crippen LogP contribution >= 0.6 is 0 Å². The van der Waals surface area contributed by atoms with E-state index in [1.54, 1.807) is 17.0 Å². The fourth-order valence-electron chi connectivity index (χ4n) is 3.86. The van der Waals surface area contributed by atoms with E-state index in [0.717, 1.165) is 11.1 Å². The maximum Gasteiger partial charge on any atom is 0.259 e. The third kappa shape index (κ3) is 5.01. The highest BCUT2D eigenvalue weighted by Crippen LogP contribution is 2.31. The van der Waals surface area contributed by atoms with Gasteiger partial charge in [-0.1, -0.05) is 97.1 Å². The van der Waals surface area contributed by atoms with Crippen LogP contribution in [0.3, 0.4) is 0 Å². The van der Waals surface area contributed by atoms with E-state index in [1.807, 2.05) is 109 Å². The molecule has 0 aliphatic carbocycles. The first-order valence-electron chi connectivity index (χ1n) is 10.8. The molecule has 4 aromatic carbocycles. The van der Waals surface area contributed by atoms with Gasteiger partial charge in [0, 0.05) is 17.7 Å².